The lowest BCUT2D eigenvalue weighted by atomic mass is 9.99. The summed E-state index contributed by atoms with van der Waals surface area (Å²) in [5.41, 5.74) is -0.456. The van der Waals surface area contributed by atoms with Gasteiger partial charge < -0.3 is 14.7 Å². The van der Waals surface area contributed by atoms with Crippen LogP contribution >= 0.6 is 0 Å². The summed E-state index contributed by atoms with van der Waals surface area (Å²) in [6.45, 7) is 5.86. The Morgan fingerprint density at radius 1 is 0.833 bits per heavy atom. The van der Waals surface area contributed by atoms with E-state index in [1.54, 1.807) is 0 Å². The highest BCUT2D eigenvalue weighted by molar-refractivity contribution is 5.94. The second kappa shape index (κ2) is 8.49. The number of rotatable bonds is 3. The number of carbonyl (C=O) groups is 1. The summed E-state index contributed by atoms with van der Waals surface area (Å²) in [6.07, 6.45) is 2.30. The number of halogens is 3. The summed E-state index contributed by atoms with van der Waals surface area (Å²) in [5, 5.41) is 8.70. The maximum absolute atomic E-state index is 13.9. The van der Waals surface area contributed by atoms with Crippen molar-refractivity contribution in [2.45, 2.75) is 19.8 Å². The summed E-state index contributed by atoms with van der Waals surface area (Å²) in [6, 6.07) is 5.63. The van der Waals surface area contributed by atoms with Crippen molar-refractivity contribution < 1.29 is 18.0 Å². The van der Waals surface area contributed by atoms with Crippen molar-refractivity contribution in [1.82, 2.24) is 15.1 Å². The van der Waals surface area contributed by atoms with Crippen LogP contribution in [0.15, 0.2) is 24.3 Å². The third kappa shape index (κ3) is 4.06. The van der Waals surface area contributed by atoms with Gasteiger partial charge in [-0.2, -0.15) is 0 Å². The van der Waals surface area contributed by atoms with Gasteiger partial charge in [0.15, 0.2) is 29.1 Å². The van der Waals surface area contributed by atoms with Gasteiger partial charge in [-0.1, -0.05) is 6.92 Å². The van der Waals surface area contributed by atoms with Crippen molar-refractivity contribution in [2.75, 3.05) is 49.1 Å². The van der Waals surface area contributed by atoms with E-state index in [1.807, 2.05) is 17.0 Å². The molecule has 0 atom stereocenters. The number of aromatic nitrogens is 2. The van der Waals surface area contributed by atoms with E-state index in [2.05, 4.69) is 22.0 Å². The van der Waals surface area contributed by atoms with Gasteiger partial charge in [0.05, 0.1) is 5.56 Å². The molecule has 0 N–H and O–H groups in total. The van der Waals surface area contributed by atoms with Gasteiger partial charge in [0, 0.05) is 39.3 Å². The summed E-state index contributed by atoms with van der Waals surface area (Å²) in [7, 11) is 0. The first-order chi connectivity index (χ1) is 14.4. The molecule has 0 radical (unpaired) electrons. The average Bonchev–Trinajstić information content (AvgIpc) is 2.78. The lowest BCUT2D eigenvalue weighted by molar-refractivity contribution is 0.0740. The number of amides is 1. The monoisotopic (exact) mass is 419 g/mol. The maximum atomic E-state index is 13.9. The highest BCUT2D eigenvalue weighted by Crippen LogP contribution is 2.23. The molecule has 0 bridgehead atoms. The summed E-state index contributed by atoms with van der Waals surface area (Å²) >= 11 is 0. The van der Waals surface area contributed by atoms with Crippen molar-refractivity contribution >= 4 is 17.5 Å². The normalized spacial score (nSPS) is 18.1. The molecule has 2 aliphatic rings. The zero-order valence-electron chi connectivity index (χ0n) is 16.8. The predicted octanol–water partition coefficient (Wildman–Crippen LogP) is 3.09. The standard InChI is InChI=1S/C21H24F3N5O/c1-14-6-8-27(9-7-14)17-4-5-18(26-25-17)28-10-12-29(13-11-28)21(30)15-2-3-16(22)20(24)19(15)23/h2-5,14H,6-13H2,1H3. The Hall–Kier alpha value is -2.84. The number of hydrogen-bond donors (Lipinski definition) is 0. The first-order valence-electron chi connectivity index (χ1n) is 10.2. The molecule has 1 aromatic carbocycles. The van der Waals surface area contributed by atoms with Gasteiger partial charge in [0.25, 0.3) is 5.91 Å². The minimum Gasteiger partial charge on any atom is -0.355 e. The van der Waals surface area contributed by atoms with E-state index in [4.69, 9.17) is 0 Å². The van der Waals surface area contributed by atoms with Gasteiger partial charge in [-0.3, -0.25) is 4.79 Å². The fraction of sp³-hybridized carbons (Fsp3) is 0.476. The Morgan fingerprint density at radius 3 is 1.97 bits per heavy atom. The molecule has 9 heteroatoms. The van der Waals surface area contributed by atoms with E-state index in [0.29, 0.717) is 26.2 Å². The predicted molar refractivity (Wildman–Crippen MR) is 107 cm³/mol. The van der Waals surface area contributed by atoms with Crippen LogP contribution in [0.25, 0.3) is 0 Å². The van der Waals surface area contributed by atoms with Crippen LogP contribution in [0.2, 0.25) is 0 Å². The van der Waals surface area contributed by atoms with Crippen molar-refractivity contribution in [1.29, 1.82) is 0 Å². The number of piperidine rings is 1. The minimum absolute atomic E-state index is 0.324. The minimum atomic E-state index is -1.63. The molecular weight excluding hydrogens is 395 g/mol. The smallest absolute Gasteiger partial charge is 0.257 e. The average molecular weight is 419 g/mol. The van der Waals surface area contributed by atoms with Gasteiger partial charge in [-0.25, -0.2) is 13.2 Å². The summed E-state index contributed by atoms with van der Waals surface area (Å²) < 4.78 is 40.5. The van der Waals surface area contributed by atoms with Gasteiger partial charge in [-0.05, 0) is 43.0 Å². The number of benzene rings is 1. The molecule has 0 unspecified atom stereocenters. The van der Waals surface area contributed by atoms with Crippen molar-refractivity contribution in [3.05, 3.63) is 47.3 Å². The van der Waals surface area contributed by atoms with Gasteiger partial charge in [-0.15, -0.1) is 10.2 Å². The molecule has 4 rings (SSSR count). The molecule has 0 aliphatic carbocycles. The molecule has 2 aromatic rings. The third-order valence-electron chi connectivity index (χ3n) is 5.90. The highest BCUT2D eigenvalue weighted by Gasteiger charge is 2.27. The van der Waals surface area contributed by atoms with Crippen LogP contribution in [0.3, 0.4) is 0 Å². The van der Waals surface area contributed by atoms with E-state index in [9.17, 15) is 18.0 Å². The second-order valence-electron chi connectivity index (χ2n) is 7.92. The van der Waals surface area contributed by atoms with Crippen LogP contribution in [0.4, 0.5) is 24.8 Å². The second-order valence-corrected chi connectivity index (χ2v) is 7.92. The van der Waals surface area contributed by atoms with Gasteiger partial charge in [0.2, 0.25) is 0 Å². The number of hydrogen-bond acceptors (Lipinski definition) is 5. The topological polar surface area (TPSA) is 52.6 Å². The van der Waals surface area contributed by atoms with Crippen LogP contribution < -0.4 is 9.80 Å². The quantitative estimate of drug-likeness (QED) is 0.716. The van der Waals surface area contributed by atoms with E-state index in [0.717, 1.165) is 55.6 Å². The molecule has 2 saturated heterocycles. The van der Waals surface area contributed by atoms with Gasteiger partial charge >= 0.3 is 0 Å². The van der Waals surface area contributed by atoms with Gasteiger partial charge in [0.1, 0.15) is 0 Å². The maximum Gasteiger partial charge on any atom is 0.257 e. The fourth-order valence-corrected chi connectivity index (χ4v) is 3.89. The SMILES string of the molecule is CC1CCN(c2ccc(N3CCN(C(=O)c4ccc(F)c(F)c4F)CC3)nn2)CC1. The van der Waals surface area contributed by atoms with E-state index < -0.39 is 28.9 Å². The van der Waals surface area contributed by atoms with Crippen LogP contribution in [0, 0.1) is 23.4 Å². The molecule has 160 valence electrons. The summed E-state index contributed by atoms with van der Waals surface area (Å²) in [5.74, 6) is -2.70. The zero-order valence-corrected chi connectivity index (χ0v) is 16.8. The molecule has 1 aromatic heterocycles. The Morgan fingerprint density at radius 2 is 1.40 bits per heavy atom. The molecule has 0 spiro atoms. The third-order valence-corrected chi connectivity index (χ3v) is 5.90. The molecular formula is C21H24F3N5O. The fourth-order valence-electron chi connectivity index (χ4n) is 3.89. The Balaban J connectivity index is 1.36. The molecule has 2 aliphatic heterocycles. The lowest BCUT2D eigenvalue weighted by Gasteiger charge is -2.35. The van der Waals surface area contributed by atoms with Crippen LogP contribution in [-0.2, 0) is 0 Å². The lowest BCUT2D eigenvalue weighted by Crippen LogP contribution is -2.49. The molecule has 6 nitrogen and oxygen atoms in total. The Labute approximate surface area is 173 Å². The van der Waals surface area contributed by atoms with E-state index in [1.165, 1.54) is 4.90 Å². The van der Waals surface area contributed by atoms with E-state index >= 15 is 0 Å². The highest BCUT2D eigenvalue weighted by atomic mass is 19.2. The largest absolute Gasteiger partial charge is 0.355 e. The first kappa shape index (κ1) is 20.4. The van der Waals surface area contributed by atoms with Crippen molar-refractivity contribution in [3.8, 4) is 0 Å². The van der Waals surface area contributed by atoms with E-state index in [-0.39, 0.29) is 0 Å². The van der Waals surface area contributed by atoms with Crippen molar-refractivity contribution in [3.63, 3.8) is 0 Å². The van der Waals surface area contributed by atoms with Crippen molar-refractivity contribution in [2.24, 2.45) is 5.92 Å². The molecule has 2 fully saturated rings. The number of piperazine rings is 1. The number of nitrogens with zero attached hydrogens (tertiary/aromatic N) is 5. The Bertz CT molecular complexity index is 908. The summed E-state index contributed by atoms with van der Waals surface area (Å²) in [4.78, 5) is 18.2. The molecule has 1 amide bonds. The number of carbonyl (C=O) groups excluding carboxylic acids is 1. The molecule has 3 heterocycles. The van der Waals surface area contributed by atoms with Crippen LogP contribution in [0.5, 0.6) is 0 Å². The van der Waals surface area contributed by atoms with Crippen LogP contribution in [-0.4, -0.2) is 60.3 Å². The Kier molecular flexibility index (Phi) is 5.78. The van der Waals surface area contributed by atoms with Crippen LogP contribution in [0.1, 0.15) is 30.1 Å². The molecule has 30 heavy (non-hydrogen) atoms. The first-order valence-corrected chi connectivity index (χ1v) is 10.2. The molecule has 0 saturated carbocycles. The zero-order chi connectivity index (χ0) is 21.3. The number of anilines is 2.